The Kier molecular flexibility index (Phi) is 8.79. The van der Waals surface area contributed by atoms with Gasteiger partial charge in [0.15, 0.2) is 0 Å². The Balaban J connectivity index is 2.36. The number of benzene rings is 2. The lowest BCUT2D eigenvalue weighted by Crippen LogP contribution is -2.22. The van der Waals surface area contributed by atoms with Gasteiger partial charge in [0.05, 0.1) is 31.9 Å². The van der Waals surface area contributed by atoms with Crippen molar-refractivity contribution in [3.05, 3.63) is 53.1 Å². The van der Waals surface area contributed by atoms with Gasteiger partial charge < -0.3 is 19.5 Å². The third-order valence-electron chi connectivity index (χ3n) is 5.19. The first-order chi connectivity index (χ1) is 16.3. The Labute approximate surface area is 206 Å². The maximum Gasteiger partial charge on any atom is 0.513 e. The van der Waals surface area contributed by atoms with E-state index in [4.69, 9.17) is 9.47 Å². The minimum absolute atomic E-state index is 0.0344. The second-order valence-corrected chi connectivity index (χ2v) is 10.0. The van der Waals surface area contributed by atoms with Crippen LogP contribution in [0.5, 0.6) is 5.75 Å². The van der Waals surface area contributed by atoms with E-state index in [1.807, 2.05) is 47.6 Å². The number of rotatable bonds is 6. The van der Waals surface area contributed by atoms with Crippen molar-refractivity contribution in [1.29, 1.82) is 0 Å². The lowest BCUT2D eigenvalue weighted by molar-refractivity contribution is -0.115. The van der Waals surface area contributed by atoms with E-state index < -0.39 is 12.1 Å². The molecule has 0 unspecified atom stereocenters. The standard InChI is InChI=1S/C27H34N2O6/c1-26(2,3)18-15-19(27(4,5)6)22(35-25(32)34-8)16-21(18)29-23(30)13-14-28-20-12-10-9-11-17(20)24(31)33-7/h9-12,14-16H,13H2,1-8H3,(H,29,30). The molecule has 0 aromatic heterocycles. The summed E-state index contributed by atoms with van der Waals surface area (Å²) < 4.78 is 14.9. The van der Waals surface area contributed by atoms with Gasteiger partial charge in [0.25, 0.3) is 0 Å². The summed E-state index contributed by atoms with van der Waals surface area (Å²) in [4.78, 5) is 40.9. The van der Waals surface area contributed by atoms with Gasteiger partial charge >= 0.3 is 12.1 Å². The zero-order valence-electron chi connectivity index (χ0n) is 21.6. The lowest BCUT2D eigenvalue weighted by atomic mass is 9.79. The molecule has 1 amide bonds. The average Bonchev–Trinajstić information content (AvgIpc) is 2.77. The third-order valence-corrected chi connectivity index (χ3v) is 5.19. The van der Waals surface area contributed by atoms with Gasteiger partial charge in [0, 0.05) is 23.5 Å². The number of methoxy groups -OCH3 is 2. The highest BCUT2D eigenvalue weighted by Crippen LogP contribution is 2.40. The molecule has 35 heavy (non-hydrogen) atoms. The largest absolute Gasteiger partial charge is 0.513 e. The van der Waals surface area contributed by atoms with Crippen LogP contribution in [0, 0.1) is 0 Å². The minimum atomic E-state index is -0.840. The zero-order valence-corrected chi connectivity index (χ0v) is 21.6. The highest BCUT2D eigenvalue weighted by atomic mass is 16.7. The molecule has 0 radical (unpaired) electrons. The van der Waals surface area contributed by atoms with Gasteiger partial charge in [-0.2, -0.15) is 0 Å². The van der Waals surface area contributed by atoms with Crippen LogP contribution in [-0.4, -0.2) is 38.5 Å². The highest BCUT2D eigenvalue weighted by molar-refractivity contribution is 6.01. The number of nitrogens with zero attached hydrogens (tertiary/aromatic N) is 1. The molecule has 2 rings (SSSR count). The Morgan fingerprint density at radius 3 is 2.11 bits per heavy atom. The molecule has 0 saturated carbocycles. The van der Waals surface area contributed by atoms with Crippen LogP contribution in [0.25, 0.3) is 0 Å². The quantitative estimate of drug-likeness (QED) is 0.310. The van der Waals surface area contributed by atoms with Crippen molar-refractivity contribution in [3.8, 4) is 5.75 Å². The maximum absolute atomic E-state index is 12.8. The molecular weight excluding hydrogens is 448 g/mol. The predicted octanol–water partition coefficient (Wildman–Crippen LogP) is 5.94. The van der Waals surface area contributed by atoms with E-state index in [-0.39, 0.29) is 23.2 Å². The molecule has 0 aliphatic carbocycles. The highest BCUT2D eigenvalue weighted by Gasteiger charge is 2.28. The van der Waals surface area contributed by atoms with Gasteiger partial charge in [-0.05, 0) is 34.6 Å². The van der Waals surface area contributed by atoms with E-state index in [1.54, 1.807) is 30.3 Å². The number of carbonyl (C=O) groups excluding carboxylic acids is 3. The van der Waals surface area contributed by atoms with Crippen LogP contribution in [0.4, 0.5) is 16.2 Å². The van der Waals surface area contributed by atoms with Gasteiger partial charge in [0.1, 0.15) is 5.75 Å². The summed E-state index contributed by atoms with van der Waals surface area (Å²) in [5, 5.41) is 2.91. The molecular formula is C27H34N2O6. The summed E-state index contributed by atoms with van der Waals surface area (Å²) in [5.74, 6) is -0.509. The summed E-state index contributed by atoms with van der Waals surface area (Å²) in [7, 11) is 2.54. The van der Waals surface area contributed by atoms with E-state index >= 15 is 0 Å². The summed E-state index contributed by atoms with van der Waals surface area (Å²) >= 11 is 0. The maximum atomic E-state index is 12.8. The number of esters is 1. The van der Waals surface area contributed by atoms with Crippen LogP contribution >= 0.6 is 0 Å². The first kappa shape index (κ1) is 27.6. The van der Waals surface area contributed by atoms with Crippen LogP contribution in [-0.2, 0) is 25.1 Å². The van der Waals surface area contributed by atoms with Crippen LogP contribution in [0.1, 0.15) is 69.4 Å². The number of hydrogen-bond donors (Lipinski definition) is 1. The van der Waals surface area contributed by atoms with Crippen molar-refractivity contribution >= 4 is 35.6 Å². The van der Waals surface area contributed by atoms with Crippen molar-refractivity contribution in [2.24, 2.45) is 4.99 Å². The fourth-order valence-electron chi connectivity index (χ4n) is 3.40. The molecule has 0 heterocycles. The van der Waals surface area contributed by atoms with Crippen molar-refractivity contribution in [1.82, 2.24) is 0 Å². The second kappa shape index (κ2) is 11.2. The molecule has 2 aromatic rings. The third kappa shape index (κ3) is 7.40. The monoisotopic (exact) mass is 482 g/mol. The molecule has 0 atom stereocenters. The van der Waals surface area contributed by atoms with Gasteiger partial charge in [-0.25, -0.2) is 9.59 Å². The molecule has 1 N–H and O–H groups in total. The van der Waals surface area contributed by atoms with E-state index in [2.05, 4.69) is 15.0 Å². The lowest BCUT2D eigenvalue weighted by Gasteiger charge is -2.29. The first-order valence-corrected chi connectivity index (χ1v) is 11.2. The zero-order chi connectivity index (χ0) is 26.4. The first-order valence-electron chi connectivity index (χ1n) is 11.2. The van der Waals surface area contributed by atoms with E-state index in [1.165, 1.54) is 20.4 Å². The molecule has 8 nitrogen and oxygen atoms in total. The smallest absolute Gasteiger partial charge is 0.465 e. The molecule has 0 fully saturated rings. The van der Waals surface area contributed by atoms with Crippen molar-refractivity contribution in [2.75, 3.05) is 19.5 Å². The van der Waals surface area contributed by atoms with Crippen LogP contribution in [0.3, 0.4) is 0 Å². The number of amides is 1. The Morgan fingerprint density at radius 2 is 1.54 bits per heavy atom. The number of carbonyl (C=O) groups is 3. The fraction of sp³-hybridized carbons (Fsp3) is 0.407. The average molecular weight is 483 g/mol. The summed E-state index contributed by atoms with van der Waals surface area (Å²) in [6, 6.07) is 10.3. The van der Waals surface area contributed by atoms with E-state index in [0.717, 1.165) is 11.1 Å². The second-order valence-electron chi connectivity index (χ2n) is 10.0. The van der Waals surface area contributed by atoms with Crippen molar-refractivity contribution in [3.63, 3.8) is 0 Å². The van der Waals surface area contributed by atoms with Gasteiger partial charge in [-0.3, -0.25) is 9.79 Å². The van der Waals surface area contributed by atoms with Gasteiger partial charge in [-0.15, -0.1) is 0 Å². The number of aliphatic imine (C=N–C) groups is 1. The number of anilines is 1. The van der Waals surface area contributed by atoms with E-state index in [0.29, 0.717) is 22.7 Å². The van der Waals surface area contributed by atoms with Crippen LogP contribution in [0.2, 0.25) is 0 Å². The summed E-state index contributed by atoms with van der Waals surface area (Å²) in [6.45, 7) is 12.2. The molecule has 2 aromatic carbocycles. The fourth-order valence-corrected chi connectivity index (χ4v) is 3.40. The SMILES string of the molecule is COC(=O)Oc1cc(NC(=O)CC=Nc2ccccc2C(=O)OC)c(C(C)(C)C)cc1C(C)(C)C. The topological polar surface area (TPSA) is 103 Å². The Hall–Kier alpha value is -3.68. The number of nitrogens with one attached hydrogen (secondary N) is 1. The molecule has 0 spiro atoms. The van der Waals surface area contributed by atoms with Gasteiger partial charge in [0.2, 0.25) is 5.91 Å². The number of ether oxygens (including phenoxy) is 3. The Bertz CT molecular complexity index is 1120. The molecule has 0 bridgehead atoms. The summed E-state index contributed by atoms with van der Waals surface area (Å²) in [6.07, 6.45) is 0.559. The molecule has 0 aliphatic rings. The van der Waals surface area contributed by atoms with Gasteiger partial charge in [-0.1, -0.05) is 53.7 Å². The molecule has 188 valence electrons. The number of hydrogen-bond acceptors (Lipinski definition) is 7. The normalized spacial score (nSPS) is 11.8. The summed E-state index contributed by atoms with van der Waals surface area (Å²) in [5.41, 5.74) is 2.31. The Morgan fingerprint density at radius 1 is 0.914 bits per heavy atom. The molecule has 8 heteroatoms. The number of para-hydroxylation sites is 1. The van der Waals surface area contributed by atoms with E-state index in [9.17, 15) is 14.4 Å². The predicted molar refractivity (Wildman–Crippen MR) is 136 cm³/mol. The van der Waals surface area contributed by atoms with Crippen molar-refractivity contribution < 1.29 is 28.6 Å². The molecule has 0 aliphatic heterocycles. The van der Waals surface area contributed by atoms with Crippen molar-refractivity contribution in [2.45, 2.75) is 58.8 Å². The van der Waals surface area contributed by atoms with Crippen LogP contribution in [0.15, 0.2) is 41.4 Å². The minimum Gasteiger partial charge on any atom is -0.465 e. The van der Waals surface area contributed by atoms with Crippen LogP contribution < -0.4 is 10.1 Å². The molecule has 0 saturated heterocycles.